The molecular formula is C15H25NO3. The molecule has 2 N–H and O–H groups in total. The van der Waals surface area contributed by atoms with Crippen molar-refractivity contribution in [2.75, 3.05) is 40.1 Å². The minimum atomic E-state index is -0.0856. The van der Waals surface area contributed by atoms with Crippen LogP contribution in [0.25, 0.3) is 0 Å². The first-order valence-electron chi connectivity index (χ1n) is 6.61. The molecule has 0 aliphatic rings. The zero-order valence-electron chi connectivity index (χ0n) is 12.1. The van der Waals surface area contributed by atoms with Crippen LogP contribution in [0.2, 0.25) is 0 Å². The quantitative estimate of drug-likeness (QED) is 0.695. The Morgan fingerprint density at radius 1 is 0.947 bits per heavy atom. The molecule has 1 aromatic carbocycles. The molecule has 0 aliphatic heterocycles. The van der Waals surface area contributed by atoms with Crippen LogP contribution in [0.15, 0.2) is 18.2 Å². The number of aryl methyl sites for hydroxylation is 2. The largest absolute Gasteiger partial charge is 0.382 e. The number of hydrogen-bond acceptors (Lipinski definition) is 4. The molecule has 0 fully saturated rings. The molecule has 1 atom stereocenters. The summed E-state index contributed by atoms with van der Waals surface area (Å²) >= 11 is 0. The van der Waals surface area contributed by atoms with E-state index in [-0.39, 0.29) is 6.04 Å². The summed E-state index contributed by atoms with van der Waals surface area (Å²) in [6.45, 7) is 7.01. The van der Waals surface area contributed by atoms with Crippen LogP contribution < -0.4 is 5.73 Å². The van der Waals surface area contributed by atoms with E-state index in [4.69, 9.17) is 19.9 Å². The van der Waals surface area contributed by atoms with Gasteiger partial charge in [0.15, 0.2) is 0 Å². The van der Waals surface area contributed by atoms with E-state index in [0.717, 1.165) is 5.56 Å². The minimum Gasteiger partial charge on any atom is -0.382 e. The van der Waals surface area contributed by atoms with E-state index in [2.05, 4.69) is 32.0 Å². The Labute approximate surface area is 115 Å². The standard InChI is InChI=1S/C15H25NO3/c1-12-8-13(2)10-14(9-12)15(16)11-19-7-6-18-5-4-17-3/h8-10,15H,4-7,11,16H2,1-3H3. The SMILES string of the molecule is COCCOCCOCC(N)c1cc(C)cc(C)c1. The van der Waals surface area contributed by atoms with E-state index >= 15 is 0 Å². The Bertz CT molecular complexity index is 348. The van der Waals surface area contributed by atoms with Crippen LogP contribution in [0, 0.1) is 13.8 Å². The average Bonchev–Trinajstić information content (AvgIpc) is 2.36. The molecule has 108 valence electrons. The minimum absolute atomic E-state index is 0.0856. The fraction of sp³-hybridized carbons (Fsp3) is 0.600. The van der Waals surface area contributed by atoms with Crippen molar-refractivity contribution in [1.29, 1.82) is 0 Å². The molecule has 1 unspecified atom stereocenters. The molecule has 0 saturated heterocycles. The predicted molar refractivity (Wildman–Crippen MR) is 76.4 cm³/mol. The summed E-state index contributed by atoms with van der Waals surface area (Å²) in [6, 6.07) is 6.27. The maximum Gasteiger partial charge on any atom is 0.0701 e. The third-order valence-electron chi connectivity index (χ3n) is 2.77. The third kappa shape index (κ3) is 6.68. The van der Waals surface area contributed by atoms with Gasteiger partial charge in [0.25, 0.3) is 0 Å². The lowest BCUT2D eigenvalue weighted by molar-refractivity contribution is 0.0216. The van der Waals surface area contributed by atoms with Gasteiger partial charge >= 0.3 is 0 Å². The fourth-order valence-electron chi connectivity index (χ4n) is 1.89. The maximum atomic E-state index is 6.11. The molecule has 0 bridgehead atoms. The zero-order valence-corrected chi connectivity index (χ0v) is 12.1. The zero-order chi connectivity index (χ0) is 14.1. The predicted octanol–water partition coefficient (Wildman–Crippen LogP) is 1.98. The Morgan fingerprint density at radius 3 is 2.16 bits per heavy atom. The first-order chi connectivity index (χ1) is 9.13. The normalized spacial score (nSPS) is 12.6. The van der Waals surface area contributed by atoms with Gasteiger partial charge in [-0.25, -0.2) is 0 Å². The van der Waals surface area contributed by atoms with Gasteiger partial charge in [-0.15, -0.1) is 0 Å². The molecular weight excluding hydrogens is 242 g/mol. The van der Waals surface area contributed by atoms with Crippen molar-refractivity contribution < 1.29 is 14.2 Å². The summed E-state index contributed by atoms with van der Waals surface area (Å²) in [5.74, 6) is 0. The summed E-state index contributed by atoms with van der Waals surface area (Å²) in [5.41, 5.74) is 9.69. The van der Waals surface area contributed by atoms with Crippen molar-refractivity contribution in [3.63, 3.8) is 0 Å². The van der Waals surface area contributed by atoms with Crippen LogP contribution in [0.4, 0.5) is 0 Å². The van der Waals surface area contributed by atoms with Gasteiger partial charge in [-0.05, 0) is 19.4 Å². The first-order valence-corrected chi connectivity index (χ1v) is 6.61. The monoisotopic (exact) mass is 267 g/mol. The topological polar surface area (TPSA) is 53.7 Å². The van der Waals surface area contributed by atoms with Crippen molar-refractivity contribution in [3.05, 3.63) is 34.9 Å². The molecule has 0 aromatic heterocycles. The van der Waals surface area contributed by atoms with Gasteiger partial charge in [0.05, 0.1) is 39.1 Å². The lowest BCUT2D eigenvalue weighted by Gasteiger charge is -2.14. The van der Waals surface area contributed by atoms with E-state index in [9.17, 15) is 0 Å². The van der Waals surface area contributed by atoms with E-state index < -0.39 is 0 Å². The molecule has 1 aromatic rings. The summed E-state index contributed by atoms with van der Waals surface area (Å²) in [4.78, 5) is 0. The highest BCUT2D eigenvalue weighted by Gasteiger charge is 2.07. The molecule has 4 nitrogen and oxygen atoms in total. The van der Waals surface area contributed by atoms with E-state index in [1.807, 2.05) is 0 Å². The van der Waals surface area contributed by atoms with Gasteiger partial charge in [-0.1, -0.05) is 29.3 Å². The average molecular weight is 267 g/mol. The summed E-state index contributed by atoms with van der Waals surface area (Å²) in [5, 5.41) is 0. The van der Waals surface area contributed by atoms with Crippen LogP contribution in [0.5, 0.6) is 0 Å². The third-order valence-corrected chi connectivity index (χ3v) is 2.77. The van der Waals surface area contributed by atoms with Gasteiger partial charge in [0.2, 0.25) is 0 Å². The van der Waals surface area contributed by atoms with Crippen molar-refractivity contribution in [2.45, 2.75) is 19.9 Å². The molecule has 4 heteroatoms. The van der Waals surface area contributed by atoms with Crippen molar-refractivity contribution in [1.82, 2.24) is 0 Å². The van der Waals surface area contributed by atoms with Gasteiger partial charge in [0.1, 0.15) is 0 Å². The molecule has 0 radical (unpaired) electrons. The second kappa shape index (κ2) is 9.04. The second-order valence-corrected chi connectivity index (χ2v) is 4.71. The number of nitrogens with two attached hydrogens (primary N) is 1. The molecule has 1 rings (SSSR count). The fourth-order valence-corrected chi connectivity index (χ4v) is 1.89. The van der Waals surface area contributed by atoms with Crippen molar-refractivity contribution in [2.24, 2.45) is 5.73 Å². The molecule has 0 amide bonds. The van der Waals surface area contributed by atoms with Gasteiger partial charge < -0.3 is 19.9 Å². The number of hydrogen-bond donors (Lipinski definition) is 1. The molecule has 0 saturated carbocycles. The van der Waals surface area contributed by atoms with Gasteiger partial charge in [-0.3, -0.25) is 0 Å². The molecule has 0 aliphatic carbocycles. The second-order valence-electron chi connectivity index (χ2n) is 4.71. The highest BCUT2D eigenvalue weighted by Crippen LogP contribution is 2.15. The number of methoxy groups -OCH3 is 1. The van der Waals surface area contributed by atoms with E-state index in [1.165, 1.54) is 11.1 Å². The van der Waals surface area contributed by atoms with E-state index in [0.29, 0.717) is 33.0 Å². The van der Waals surface area contributed by atoms with Crippen LogP contribution in [0.3, 0.4) is 0 Å². The van der Waals surface area contributed by atoms with Gasteiger partial charge in [-0.2, -0.15) is 0 Å². The Morgan fingerprint density at radius 2 is 1.53 bits per heavy atom. The van der Waals surface area contributed by atoms with Crippen LogP contribution in [-0.4, -0.2) is 40.1 Å². The number of benzene rings is 1. The van der Waals surface area contributed by atoms with E-state index in [1.54, 1.807) is 7.11 Å². The maximum absolute atomic E-state index is 6.11. The smallest absolute Gasteiger partial charge is 0.0701 e. The van der Waals surface area contributed by atoms with Crippen LogP contribution in [0.1, 0.15) is 22.7 Å². The Hall–Kier alpha value is -0.940. The number of ether oxygens (including phenoxy) is 3. The molecule has 0 spiro atoms. The molecule has 19 heavy (non-hydrogen) atoms. The van der Waals surface area contributed by atoms with Crippen molar-refractivity contribution >= 4 is 0 Å². The van der Waals surface area contributed by atoms with Gasteiger partial charge in [0, 0.05) is 7.11 Å². The molecule has 0 heterocycles. The summed E-state index contributed by atoms with van der Waals surface area (Å²) < 4.78 is 15.7. The highest BCUT2D eigenvalue weighted by molar-refractivity contribution is 5.30. The van der Waals surface area contributed by atoms with Crippen molar-refractivity contribution in [3.8, 4) is 0 Å². The number of rotatable bonds is 9. The van der Waals surface area contributed by atoms with Crippen LogP contribution in [-0.2, 0) is 14.2 Å². The highest BCUT2D eigenvalue weighted by atomic mass is 16.5. The Kier molecular flexibility index (Phi) is 7.67. The lowest BCUT2D eigenvalue weighted by Crippen LogP contribution is -2.19. The lowest BCUT2D eigenvalue weighted by atomic mass is 10.0. The Balaban J connectivity index is 2.22. The van der Waals surface area contributed by atoms with Crippen LogP contribution >= 0.6 is 0 Å². The first kappa shape index (κ1) is 16.1. The summed E-state index contributed by atoms with van der Waals surface area (Å²) in [7, 11) is 1.66. The summed E-state index contributed by atoms with van der Waals surface area (Å²) in [6.07, 6.45) is 0.